The van der Waals surface area contributed by atoms with Gasteiger partial charge in [0.15, 0.2) is 0 Å². The molecular weight excluding hydrogens is 327 g/mol. The largest absolute Gasteiger partial charge is 0.271 e. The van der Waals surface area contributed by atoms with Gasteiger partial charge in [0.05, 0.1) is 12.2 Å². The van der Waals surface area contributed by atoms with Gasteiger partial charge in [-0.15, -0.1) is 0 Å². The van der Waals surface area contributed by atoms with Crippen molar-refractivity contribution in [3.8, 4) is 0 Å². The van der Waals surface area contributed by atoms with E-state index in [0.29, 0.717) is 0 Å². The number of rotatable bonds is 4. The van der Waals surface area contributed by atoms with Crippen molar-refractivity contribution >= 4 is 22.6 Å². The van der Waals surface area contributed by atoms with Gasteiger partial charge in [-0.05, 0) is 58.3 Å². The summed E-state index contributed by atoms with van der Waals surface area (Å²) in [6.07, 6.45) is 4.24. The second-order valence-electron chi connectivity index (χ2n) is 3.73. The van der Waals surface area contributed by atoms with Crippen LogP contribution in [0.4, 0.5) is 0 Å². The van der Waals surface area contributed by atoms with Crippen molar-refractivity contribution in [1.82, 2.24) is 15.6 Å². The molecule has 0 aliphatic heterocycles. The van der Waals surface area contributed by atoms with Crippen LogP contribution in [0.1, 0.15) is 17.2 Å². The number of hydrazine groups is 1. The second kappa shape index (κ2) is 6.04. The van der Waals surface area contributed by atoms with Crippen LogP contribution < -0.4 is 11.3 Å². The summed E-state index contributed by atoms with van der Waals surface area (Å²) in [5.41, 5.74) is 5.10. The number of halogens is 1. The van der Waals surface area contributed by atoms with Gasteiger partial charge in [-0.1, -0.05) is 12.1 Å². The molecule has 2 rings (SSSR count). The summed E-state index contributed by atoms with van der Waals surface area (Å²) in [7, 11) is 0. The fourth-order valence-electron chi connectivity index (χ4n) is 1.64. The Morgan fingerprint density at radius 1 is 1.18 bits per heavy atom. The normalized spacial score (nSPS) is 12.4. The minimum absolute atomic E-state index is 0.0607. The standard InChI is InChI=1S/C12H13IN4/c13-11-3-1-9(2-4-11)7-12(17-14)10-5-6-15-16-8-10/h1-6,8,12,17H,7,14H2. The highest BCUT2D eigenvalue weighted by Gasteiger charge is 2.10. The van der Waals surface area contributed by atoms with Gasteiger partial charge in [-0.2, -0.15) is 10.2 Å². The Morgan fingerprint density at radius 3 is 2.53 bits per heavy atom. The lowest BCUT2D eigenvalue weighted by Gasteiger charge is -2.15. The van der Waals surface area contributed by atoms with Crippen molar-refractivity contribution in [2.45, 2.75) is 12.5 Å². The molecule has 0 spiro atoms. The summed E-state index contributed by atoms with van der Waals surface area (Å²) in [4.78, 5) is 0. The molecule has 17 heavy (non-hydrogen) atoms. The third-order valence-electron chi connectivity index (χ3n) is 2.56. The number of aromatic nitrogens is 2. The Morgan fingerprint density at radius 2 is 1.94 bits per heavy atom. The Kier molecular flexibility index (Phi) is 4.41. The SMILES string of the molecule is NNC(Cc1ccc(I)cc1)c1ccnnc1. The predicted molar refractivity (Wildman–Crippen MR) is 75.0 cm³/mol. The molecule has 0 aliphatic rings. The van der Waals surface area contributed by atoms with Gasteiger partial charge in [0.2, 0.25) is 0 Å². The fraction of sp³-hybridized carbons (Fsp3) is 0.167. The van der Waals surface area contributed by atoms with Gasteiger partial charge in [-0.25, -0.2) is 0 Å². The first-order valence-corrected chi connectivity index (χ1v) is 6.34. The fourth-order valence-corrected chi connectivity index (χ4v) is 2.00. The molecule has 88 valence electrons. The van der Waals surface area contributed by atoms with Crippen molar-refractivity contribution < 1.29 is 0 Å². The van der Waals surface area contributed by atoms with E-state index < -0.39 is 0 Å². The zero-order valence-electron chi connectivity index (χ0n) is 9.18. The molecule has 0 fully saturated rings. The minimum atomic E-state index is 0.0607. The van der Waals surface area contributed by atoms with E-state index in [0.717, 1.165) is 12.0 Å². The first-order chi connectivity index (χ1) is 8.29. The second-order valence-corrected chi connectivity index (χ2v) is 4.97. The van der Waals surface area contributed by atoms with Crippen LogP contribution in [-0.2, 0) is 6.42 Å². The number of benzene rings is 1. The molecule has 3 N–H and O–H groups in total. The van der Waals surface area contributed by atoms with Crippen LogP contribution in [0.15, 0.2) is 42.7 Å². The molecule has 1 unspecified atom stereocenters. The Bertz CT molecular complexity index is 458. The zero-order valence-corrected chi connectivity index (χ0v) is 11.3. The highest BCUT2D eigenvalue weighted by molar-refractivity contribution is 14.1. The van der Waals surface area contributed by atoms with Gasteiger partial charge < -0.3 is 0 Å². The quantitative estimate of drug-likeness (QED) is 0.506. The summed E-state index contributed by atoms with van der Waals surface area (Å²) in [5, 5.41) is 7.62. The molecule has 0 saturated heterocycles. The first-order valence-electron chi connectivity index (χ1n) is 5.27. The van der Waals surface area contributed by atoms with E-state index in [1.54, 1.807) is 12.4 Å². The van der Waals surface area contributed by atoms with Crippen LogP contribution in [0.3, 0.4) is 0 Å². The average molecular weight is 340 g/mol. The highest BCUT2D eigenvalue weighted by Crippen LogP contribution is 2.17. The molecule has 1 aromatic heterocycles. The van der Waals surface area contributed by atoms with Gasteiger partial charge in [0.1, 0.15) is 0 Å². The van der Waals surface area contributed by atoms with Crippen LogP contribution in [0.25, 0.3) is 0 Å². The molecule has 2 aromatic rings. The van der Waals surface area contributed by atoms with Crippen LogP contribution >= 0.6 is 22.6 Å². The number of nitrogens with two attached hydrogens (primary N) is 1. The van der Waals surface area contributed by atoms with E-state index in [4.69, 9.17) is 5.84 Å². The van der Waals surface area contributed by atoms with Crippen molar-refractivity contribution in [3.05, 3.63) is 57.4 Å². The molecule has 0 radical (unpaired) electrons. The molecule has 0 saturated carbocycles. The summed E-state index contributed by atoms with van der Waals surface area (Å²) in [5.74, 6) is 5.58. The van der Waals surface area contributed by atoms with E-state index in [-0.39, 0.29) is 6.04 Å². The maximum absolute atomic E-state index is 5.58. The van der Waals surface area contributed by atoms with Crippen LogP contribution in [-0.4, -0.2) is 10.2 Å². The predicted octanol–water partition coefficient (Wildman–Crippen LogP) is 1.83. The Labute approximate surface area is 114 Å². The molecule has 0 aliphatic carbocycles. The first kappa shape index (κ1) is 12.4. The molecule has 1 heterocycles. The highest BCUT2D eigenvalue weighted by atomic mass is 127. The summed E-state index contributed by atoms with van der Waals surface area (Å²) in [6.45, 7) is 0. The molecule has 1 aromatic carbocycles. The topological polar surface area (TPSA) is 63.8 Å². The van der Waals surface area contributed by atoms with Crippen LogP contribution in [0.2, 0.25) is 0 Å². The maximum atomic E-state index is 5.58. The summed E-state index contributed by atoms with van der Waals surface area (Å²) in [6, 6.07) is 10.4. The number of nitrogens with zero attached hydrogens (tertiary/aromatic N) is 2. The maximum Gasteiger partial charge on any atom is 0.0544 e. The van der Waals surface area contributed by atoms with Gasteiger partial charge in [0, 0.05) is 9.77 Å². The van der Waals surface area contributed by atoms with E-state index >= 15 is 0 Å². The summed E-state index contributed by atoms with van der Waals surface area (Å²) >= 11 is 2.29. The lowest BCUT2D eigenvalue weighted by atomic mass is 10.0. The monoisotopic (exact) mass is 340 g/mol. The van der Waals surface area contributed by atoms with E-state index in [2.05, 4.69) is 62.5 Å². The smallest absolute Gasteiger partial charge is 0.0544 e. The van der Waals surface area contributed by atoms with Crippen molar-refractivity contribution in [2.75, 3.05) is 0 Å². The van der Waals surface area contributed by atoms with Crippen molar-refractivity contribution in [1.29, 1.82) is 0 Å². The molecular formula is C12H13IN4. The van der Waals surface area contributed by atoms with Gasteiger partial charge in [-0.3, -0.25) is 11.3 Å². The molecule has 0 bridgehead atoms. The number of hydrogen-bond donors (Lipinski definition) is 2. The molecule has 0 amide bonds. The van der Waals surface area contributed by atoms with Crippen molar-refractivity contribution in [3.63, 3.8) is 0 Å². The molecule has 5 heteroatoms. The Balaban J connectivity index is 2.13. The number of hydrogen-bond acceptors (Lipinski definition) is 4. The third-order valence-corrected chi connectivity index (χ3v) is 3.28. The van der Waals surface area contributed by atoms with Gasteiger partial charge in [0.25, 0.3) is 0 Å². The zero-order chi connectivity index (χ0) is 12.1. The lowest BCUT2D eigenvalue weighted by molar-refractivity contribution is 0.548. The lowest BCUT2D eigenvalue weighted by Crippen LogP contribution is -2.29. The number of nitrogens with one attached hydrogen (secondary N) is 1. The minimum Gasteiger partial charge on any atom is -0.271 e. The average Bonchev–Trinajstić information content (AvgIpc) is 2.39. The Hall–Kier alpha value is -1.05. The summed E-state index contributed by atoms with van der Waals surface area (Å²) < 4.78 is 1.23. The van der Waals surface area contributed by atoms with E-state index in [9.17, 15) is 0 Å². The van der Waals surface area contributed by atoms with E-state index in [1.807, 2.05) is 6.07 Å². The molecule has 1 atom stereocenters. The van der Waals surface area contributed by atoms with E-state index in [1.165, 1.54) is 9.13 Å². The van der Waals surface area contributed by atoms with Crippen molar-refractivity contribution in [2.24, 2.45) is 5.84 Å². The van der Waals surface area contributed by atoms with Crippen LogP contribution in [0, 0.1) is 3.57 Å². The molecule has 4 nitrogen and oxygen atoms in total. The third kappa shape index (κ3) is 3.45. The van der Waals surface area contributed by atoms with Gasteiger partial charge >= 0.3 is 0 Å². The van der Waals surface area contributed by atoms with Crippen LogP contribution in [0.5, 0.6) is 0 Å².